The third kappa shape index (κ3) is 5.20. The van der Waals surface area contributed by atoms with Gasteiger partial charge in [0.25, 0.3) is 0 Å². The second-order valence-electron chi connectivity index (χ2n) is 6.41. The molecule has 7 nitrogen and oxygen atoms in total. The van der Waals surface area contributed by atoms with Crippen molar-refractivity contribution in [2.24, 2.45) is 0 Å². The smallest absolute Gasteiger partial charge is 0.338 e. The third-order valence-corrected chi connectivity index (χ3v) is 4.50. The Morgan fingerprint density at radius 1 is 1.17 bits per heavy atom. The first-order valence-electron chi connectivity index (χ1n) is 8.80. The molecule has 2 aromatic carbocycles. The van der Waals surface area contributed by atoms with E-state index in [0.29, 0.717) is 17.9 Å². The van der Waals surface area contributed by atoms with E-state index in [2.05, 4.69) is 25.9 Å². The molecule has 0 bridgehead atoms. The number of nitrogens with one attached hydrogen (secondary N) is 4. The summed E-state index contributed by atoms with van der Waals surface area (Å²) in [6, 6.07) is 8.06. The highest BCUT2D eigenvalue weighted by atomic mass is 35.5. The third-order valence-electron chi connectivity index (χ3n) is 4.09. The van der Waals surface area contributed by atoms with Crippen molar-refractivity contribution in [2.75, 3.05) is 17.2 Å². The number of aromatic amines is 1. The molecule has 3 aromatic rings. The lowest BCUT2D eigenvalue weighted by Crippen LogP contribution is -2.30. The fraction of sp³-hybridized carbons (Fsp3) is 0.211. The molecule has 4 N–H and O–H groups in total. The average Bonchev–Trinajstić information content (AvgIpc) is 3.03. The second-order valence-corrected chi connectivity index (χ2v) is 6.79. The maximum Gasteiger partial charge on any atom is 0.417 e. The molecule has 0 spiro atoms. The van der Waals surface area contributed by atoms with Crippen LogP contribution in [0.15, 0.2) is 36.4 Å². The van der Waals surface area contributed by atoms with Gasteiger partial charge in [-0.2, -0.15) is 13.2 Å². The van der Waals surface area contributed by atoms with Gasteiger partial charge in [-0.25, -0.2) is 9.78 Å². The average molecular weight is 440 g/mol. The highest BCUT2D eigenvalue weighted by Crippen LogP contribution is 2.38. The van der Waals surface area contributed by atoms with Crippen LogP contribution in [-0.4, -0.2) is 28.5 Å². The molecule has 0 atom stereocenters. The Labute approximate surface area is 174 Å². The molecule has 0 radical (unpaired) electrons. The van der Waals surface area contributed by atoms with Gasteiger partial charge in [0.05, 0.1) is 27.3 Å². The van der Waals surface area contributed by atoms with Gasteiger partial charge in [-0.3, -0.25) is 10.1 Å². The lowest BCUT2D eigenvalue weighted by atomic mass is 10.1. The molecular weight excluding hydrogens is 423 g/mol. The second kappa shape index (κ2) is 8.62. The summed E-state index contributed by atoms with van der Waals surface area (Å²) in [6.07, 6.45) is -4.15. The Morgan fingerprint density at radius 3 is 2.63 bits per heavy atom. The number of nitrogens with zero attached hydrogens (tertiary/aromatic N) is 1. The van der Waals surface area contributed by atoms with Crippen LogP contribution in [0, 0.1) is 0 Å². The topological polar surface area (TPSA) is 98.9 Å². The number of aromatic nitrogens is 2. The molecule has 1 aromatic heterocycles. The van der Waals surface area contributed by atoms with E-state index in [4.69, 9.17) is 11.6 Å². The molecule has 0 aliphatic carbocycles. The zero-order valence-corrected chi connectivity index (χ0v) is 16.4. The Morgan fingerprint density at radius 2 is 1.93 bits per heavy atom. The fourth-order valence-electron chi connectivity index (χ4n) is 2.77. The van der Waals surface area contributed by atoms with Crippen molar-refractivity contribution in [1.29, 1.82) is 0 Å². The number of anilines is 2. The van der Waals surface area contributed by atoms with Crippen molar-refractivity contribution >= 4 is 46.2 Å². The number of alkyl halides is 3. The van der Waals surface area contributed by atoms with Crippen LogP contribution in [-0.2, 0) is 17.4 Å². The Bertz CT molecular complexity index is 1100. The van der Waals surface area contributed by atoms with Crippen LogP contribution in [0.3, 0.4) is 0 Å². The zero-order chi connectivity index (χ0) is 21.9. The zero-order valence-electron chi connectivity index (χ0n) is 15.7. The molecular formula is C19H17ClF3N5O2. The number of imidazole rings is 1. The van der Waals surface area contributed by atoms with Crippen molar-refractivity contribution in [1.82, 2.24) is 15.3 Å². The van der Waals surface area contributed by atoms with Crippen LogP contribution >= 0.6 is 11.6 Å². The first kappa shape index (κ1) is 21.4. The van der Waals surface area contributed by atoms with Crippen molar-refractivity contribution in [3.8, 4) is 0 Å². The summed E-state index contributed by atoms with van der Waals surface area (Å²) >= 11 is 5.76. The molecule has 0 saturated carbocycles. The number of rotatable bonds is 5. The van der Waals surface area contributed by atoms with Crippen LogP contribution in [0.2, 0.25) is 5.02 Å². The number of hydrogen-bond donors (Lipinski definition) is 4. The van der Waals surface area contributed by atoms with E-state index < -0.39 is 22.8 Å². The largest absolute Gasteiger partial charge is 0.417 e. The summed E-state index contributed by atoms with van der Waals surface area (Å²) in [7, 11) is 0. The summed E-state index contributed by atoms with van der Waals surface area (Å²) in [5.41, 5.74) is 1.12. The molecule has 0 aliphatic rings. The maximum atomic E-state index is 12.9. The number of urea groups is 1. The van der Waals surface area contributed by atoms with Gasteiger partial charge >= 0.3 is 12.2 Å². The van der Waals surface area contributed by atoms with Crippen molar-refractivity contribution in [2.45, 2.75) is 19.5 Å². The SMILES string of the molecule is CC(=O)Nc1nc2cc(CCNC(=O)Nc3cccc(C(F)(F)F)c3Cl)ccc2[nH]1. The summed E-state index contributed by atoms with van der Waals surface area (Å²) in [5, 5.41) is 6.88. The van der Waals surface area contributed by atoms with E-state index in [1.807, 2.05) is 6.07 Å². The van der Waals surface area contributed by atoms with Gasteiger partial charge in [0.15, 0.2) is 0 Å². The minimum absolute atomic E-state index is 0.132. The van der Waals surface area contributed by atoms with Crippen LogP contribution in [0.5, 0.6) is 0 Å². The number of carbonyl (C=O) groups is 2. The number of amides is 3. The molecule has 0 saturated heterocycles. The minimum atomic E-state index is -4.62. The highest BCUT2D eigenvalue weighted by Gasteiger charge is 2.34. The molecule has 3 rings (SSSR count). The number of fused-ring (bicyclic) bond motifs is 1. The van der Waals surface area contributed by atoms with Gasteiger partial charge in [0.1, 0.15) is 0 Å². The van der Waals surface area contributed by atoms with Gasteiger partial charge in [0, 0.05) is 13.5 Å². The lowest BCUT2D eigenvalue weighted by Gasteiger charge is -2.13. The van der Waals surface area contributed by atoms with Crippen LogP contribution in [0.25, 0.3) is 11.0 Å². The summed E-state index contributed by atoms with van der Waals surface area (Å²) in [6.45, 7) is 1.61. The number of benzene rings is 2. The molecule has 0 unspecified atom stereocenters. The van der Waals surface area contributed by atoms with Gasteiger partial charge in [-0.1, -0.05) is 23.7 Å². The molecule has 158 valence electrons. The van der Waals surface area contributed by atoms with Crippen molar-refractivity contribution in [3.63, 3.8) is 0 Å². The van der Waals surface area contributed by atoms with Gasteiger partial charge in [-0.05, 0) is 36.2 Å². The van der Waals surface area contributed by atoms with E-state index in [1.54, 1.807) is 12.1 Å². The summed E-state index contributed by atoms with van der Waals surface area (Å²) < 4.78 is 38.7. The van der Waals surface area contributed by atoms with E-state index >= 15 is 0 Å². The maximum absolute atomic E-state index is 12.9. The first-order chi connectivity index (χ1) is 14.1. The summed E-state index contributed by atoms with van der Waals surface area (Å²) in [5.74, 6) is 0.0930. The number of hydrogen-bond acceptors (Lipinski definition) is 3. The Hall–Kier alpha value is -3.27. The molecule has 30 heavy (non-hydrogen) atoms. The number of H-pyrrole nitrogens is 1. The highest BCUT2D eigenvalue weighted by molar-refractivity contribution is 6.34. The molecule has 11 heteroatoms. The van der Waals surface area contributed by atoms with Gasteiger partial charge < -0.3 is 15.6 Å². The standard InChI is InChI=1S/C19H17ClF3N5O2/c1-10(29)25-17-26-13-6-5-11(9-15(13)27-17)7-8-24-18(30)28-14-4-2-3-12(16(14)20)19(21,22)23/h2-6,9H,7-8H2,1H3,(H2,24,28,30)(H2,25,26,27,29). The molecule has 0 aliphatic heterocycles. The predicted octanol–water partition coefficient (Wildman–Crippen LogP) is 4.56. The molecule has 0 fully saturated rings. The number of halogens is 4. The summed E-state index contributed by atoms with van der Waals surface area (Å²) in [4.78, 5) is 30.3. The Balaban J connectivity index is 1.58. The first-order valence-corrected chi connectivity index (χ1v) is 9.18. The van der Waals surface area contributed by atoms with E-state index in [-0.39, 0.29) is 18.1 Å². The molecule has 1 heterocycles. The van der Waals surface area contributed by atoms with Crippen molar-refractivity contribution in [3.05, 3.63) is 52.5 Å². The molecule has 3 amide bonds. The van der Waals surface area contributed by atoms with Crippen LogP contribution in [0.1, 0.15) is 18.1 Å². The normalized spacial score (nSPS) is 11.4. The lowest BCUT2D eigenvalue weighted by molar-refractivity contribution is -0.137. The van der Waals surface area contributed by atoms with E-state index in [1.165, 1.54) is 19.1 Å². The number of carbonyl (C=O) groups excluding carboxylic acids is 2. The Kier molecular flexibility index (Phi) is 6.16. The van der Waals surface area contributed by atoms with Gasteiger partial charge in [-0.15, -0.1) is 0 Å². The van der Waals surface area contributed by atoms with E-state index in [0.717, 1.165) is 17.1 Å². The van der Waals surface area contributed by atoms with E-state index in [9.17, 15) is 22.8 Å². The van der Waals surface area contributed by atoms with Gasteiger partial charge in [0.2, 0.25) is 11.9 Å². The van der Waals surface area contributed by atoms with Crippen molar-refractivity contribution < 1.29 is 22.8 Å². The quantitative estimate of drug-likeness (QED) is 0.469. The monoisotopic (exact) mass is 439 g/mol. The van der Waals surface area contributed by atoms with Crippen LogP contribution < -0.4 is 16.0 Å². The van der Waals surface area contributed by atoms with Crippen LogP contribution in [0.4, 0.5) is 29.6 Å². The minimum Gasteiger partial charge on any atom is -0.338 e. The fourth-order valence-corrected chi connectivity index (χ4v) is 3.05. The predicted molar refractivity (Wildman–Crippen MR) is 108 cm³/mol.